The zero-order valence-corrected chi connectivity index (χ0v) is 15.5. The van der Waals surface area contributed by atoms with Gasteiger partial charge in [-0.05, 0) is 43.7 Å². The van der Waals surface area contributed by atoms with Crippen molar-refractivity contribution in [3.8, 4) is 11.3 Å². The molecule has 0 aliphatic carbocycles. The highest BCUT2D eigenvalue weighted by molar-refractivity contribution is 5.61. The predicted molar refractivity (Wildman–Crippen MR) is 104 cm³/mol. The molecule has 5 nitrogen and oxygen atoms in total. The second kappa shape index (κ2) is 7.28. The Balaban J connectivity index is 1.53. The van der Waals surface area contributed by atoms with Gasteiger partial charge in [0.15, 0.2) is 0 Å². The minimum Gasteiger partial charge on any atom is -0.341 e. The van der Waals surface area contributed by atoms with E-state index in [4.69, 9.17) is 4.98 Å². The number of rotatable bonds is 3. The molecule has 1 fully saturated rings. The zero-order valence-electron chi connectivity index (χ0n) is 15.5. The molecule has 0 bridgehead atoms. The van der Waals surface area contributed by atoms with Crippen molar-refractivity contribution < 1.29 is 0 Å². The highest BCUT2D eigenvalue weighted by Gasteiger charge is 2.20. The number of nitrogens with zero attached hydrogens (tertiary/aromatic N) is 5. The van der Waals surface area contributed by atoms with E-state index >= 15 is 0 Å². The van der Waals surface area contributed by atoms with Crippen LogP contribution >= 0.6 is 0 Å². The van der Waals surface area contributed by atoms with Crippen LogP contribution in [0.3, 0.4) is 0 Å². The van der Waals surface area contributed by atoms with Gasteiger partial charge in [-0.3, -0.25) is 4.68 Å². The summed E-state index contributed by atoms with van der Waals surface area (Å²) in [6, 6.07) is 12.8. The summed E-state index contributed by atoms with van der Waals surface area (Å²) >= 11 is 0. The molecule has 0 saturated carbocycles. The third-order valence-corrected chi connectivity index (χ3v) is 5.21. The van der Waals surface area contributed by atoms with Crippen LogP contribution in [0.4, 0.5) is 5.95 Å². The van der Waals surface area contributed by atoms with E-state index in [-0.39, 0.29) is 0 Å². The number of anilines is 1. The highest BCUT2D eigenvalue weighted by atomic mass is 15.3. The van der Waals surface area contributed by atoms with Gasteiger partial charge in [0.2, 0.25) is 5.95 Å². The topological polar surface area (TPSA) is 46.8 Å². The SMILES string of the molecule is Cc1nn(C)cc1-c1ccnc(N2CCC[C@H](c3ccccc3)CC2)n1. The smallest absolute Gasteiger partial charge is 0.225 e. The van der Waals surface area contributed by atoms with Crippen LogP contribution in [0.5, 0.6) is 0 Å². The lowest BCUT2D eigenvalue weighted by molar-refractivity contribution is 0.611. The molecule has 0 unspecified atom stereocenters. The molecular weight excluding hydrogens is 322 g/mol. The summed E-state index contributed by atoms with van der Waals surface area (Å²) in [5.41, 5.74) is 4.48. The van der Waals surface area contributed by atoms with Crippen molar-refractivity contribution in [2.45, 2.75) is 32.1 Å². The van der Waals surface area contributed by atoms with Gasteiger partial charge in [0.05, 0.1) is 11.4 Å². The quantitative estimate of drug-likeness (QED) is 0.719. The van der Waals surface area contributed by atoms with Crippen molar-refractivity contribution in [3.05, 3.63) is 60.0 Å². The van der Waals surface area contributed by atoms with E-state index in [0.717, 1.165) is 42.4 Å². The molecule has 26 heavy (non-hydrogen) atoms. The van der Waals surface area contributed by atoms with E-state index in [9.17, 15) is 0 Å². The van der Waals surface area contributed by atoms with Crippen LogP contribution in [0.15, 0.2) is 48.8 Å². The number of hydrogen-bond donors (Lipinski definition) is 0. The molecule has 0 spiro atoms. The zero-order chi connectivity index (χ0) is 17.9. The molecule has 1 atom stereocenters. The minimum atomic E-state index is 0.630. The fraction of sp³-hybridized carbons (Fsp3) is 0.381. The molecule has 3 aromatic rings. The van der Waals surface area contributed by atoms with Gasteiger partial charge in [-0.25, -0.2) is 9.97 Å². The van der Waals surface area contributed by atoms with E-state index < -0.39 is 0 Å². The van der Waals surface area contributed by atoms with Gasteiger partial charge in [0, 0.05) is 38.1 Å². The Morgan fingerprint density at radius 2 is 1.88 bits per heavy atom. The molecule has 1 saturated heterocycles. The molecule has 1 aliphatic rings. The Morgan fingerprint density at radius 1 is 1.04 bits per heavy atom. The van der Waals surface area contributed by atoms with Crippen LogP contribution in [0.1, 0.15) is 36.4 Å². The first kappa shape index (κ1) is 16.8. The molecule has 0 amide bonds. The first-order chi connectivity index (χ1) is 12.7. The van der Waals surface area contributed by atoms with E-state index in [0.29, 0.717) is 5.92 Å². The second-order valence-electron chi connectivity index (χ2n) is 7.07. The van der Waals surface area contributed by atoms with Crippen LogP contribution in [-0.4, -0.2) is 32.8 Å². The van der Waals surface area contributed by atoms with Gasteiger partial charge >= 0.3 is 0 Å². The number of benzene rings is 1. The van der Waals surface area contributed by atoms with Crippen LogP contribution in [-0.2, 0) is 7.05 Å². The minimum absolute atomic E-state index is 0.630. The van der Waals surface area contributed by atoms with Crippen molar-refractivity contribution in [3.63, 3.8) is 0 Å². The van der Waals surface area contributed by atoms with Gasteiger partial charge in [0.25, 0.3) is 0 Å². The largest absolute Gasteiger partial charge is 0.341 e. The van der Waals surface area contributed by atoms with Crippen molar-refractivity contribution in [1.82, 2.24) is 19.7 Å². The molecule has 4 rings (SSSR count). The molecule has 1 aliphatic heterocycles. The Kier molecular flexibility index (Phi) is 4.69. The maximum absolute atomic E-state index is 4.84. The summed E-state index contributed by atoms with van der Waals surface area (Å²) < 4.78 is 1.84. The Hall–Kier alpha value is -2.69. The first-order valence-corrected chi connectivity index (χ1v) is 9.34. The average molecular weight is 347 g/mol. The maximum Gasteiger partial charge on any atom is 0.225 e. The van der Waals surface area contributed by atoms with Crippen LogP contribution in [0.2, 0.25) is 0 Å². The summed E-state index contributed by atoms with van der Waals surface area (Å²) in [5.74, 6) is 1.46. The Labute approximate surface area is 154 Å². The summed E-state index contributed by atoms with van der Waals surface area (Å²) in [7, 11) is 1.94. The summed E-state index contributed by atoms with van der Waals surface area (Å²) in [6.07, 6.45) is 7.42. The third kappa shape index (κ3) is 3.47. The van der Waals surface area contributed by atoms with Crippen LogP contribution in [0.25, 0.3) is 11.3 Å². The second-order valence-corrected chi connectivity index (χ2v) is 7.07. The summed E-state index contributed by atoms with van der Waals surface area (Å²) in [6.45, 7) is 4.03. The van der Waals surface area contributed by atoms with E-state index in [1.807, 2.05) is 37.1 Å². The van der Waals surface area contributed by atoms with Crippen molar-refractivity contribution in [1.29, 1.82) is 0 Å². The summed E-state index contributed by atoms with van der Waals surface area (Å²) in [4.78, 5) is 11.7. The maximum atomic E-state index is 4.84. The molecule has 134 valence electrons. The Bertz CT molecular complexity index is 871. The van der Waals surface area contributed by atoms with Crippen molar-refractivity contribution >= 4 is 5.95 Å². The lowest BCUT2D eigenvalue weighted by Gasteiger charge is -2.21. The van der Waals surface area contributed by atoms with Gasteiger partial charge in [-0.15, -0.1) is 0 Å². The number of aryl methyl sites for hydroxylation is 2. The van der Waals surface area contributed by atoms with E-state index in [1.54, 1.807) is 0 Å². The molecule has 3 heterocycles. The van der Waals surface area contributed by atoms with Crippen molar-refractivity contribution in [2.75, 3.05) is 18.0 Å². The average Bonchev–Trinajstić information content (AvgIpc) is 2.87. The van der Waals surface area contributed by atoms with Gasteiger partial charge in [0.1, 0.15) is 0 Å². The molecule has 0 N–H and O–H groups in total. The van der Waals surface area contributed by atoms with Gasteiger partial charge < -0.3 is 4.90 Å². The summed E-state index contributed by atoms with van der Waals surface area (Å²) in [5, 5.41) is 4.43. The van der Waals surface area contributed by atoms with Crippen LogP contribution < -0.4 is 4.90 Å². The van der Waals surface area contributed by atoms with Crippen LogP contribution in [0, 0.1) is 6.92 Å². The van der Waals surface area contributed by atoms with Crippen molar-refractivity contribution in [2.24, 2.45) is 7.05 Å². The molecule has 5 heteroatoms. The molecule has 0 radical (unpaired) electrons. The predicted octanol–water partition coefficient (Wildman–Crippen LogP) is 3.96. The third-order valence-electron chi connectivity index (χ3n) is 5.21. The fourth-order valence-corrected chi connectivity index (χ4v) is 3.86. The van der Waals surface area contributed by atoms with Gasteiger partial charge in [-0.2, -0.15) is 5.10 Å². The fourth-order valence-electron chi connectivity index (χ4n) is 3.86. The molecular formula is C21H25N5. The monoisotopic (exact) mass is 347 g/mol. The standard InChI is InChI=1S/C21H25N5/c1-16-19(15-25(2)24-16)20-10-12-22-21(23-20)26-13-6-9-18(11-14-26)17-7-4-3-5-8-17/h3-5,7-8,10,12,15,18H,6,9,11,13-14H2,1-2H3/t18-/m0/s1. The Morgan fingerprint density at radius 3 is 2.65 bits per heavy atom. The molecule has 2 aromatic heterocycles. The number of hydrogen-bond acceptors (Lipinski definition) is 4. The van der Waals surface area contributed by atoms with E-state index in [2.05, 4.69) is 45.3 Å². The lowest BCUT2D eigenvalue weighted by Crippen LogP contribution is -2.26. The van der Waals surface area contributed by atoms with E-state index in [1.165, 1.54) is 18.4 Å². The lowest BCUT2D eigenvalue weighted by atomic mass is 9.92. The van der Waals surface area contributed by atoms with Gasteiger partial charge in [-0.1, -0.05) is 30.3 Å². The number of aromatic nitrogens is 4. The molecule has 1 aromatic carbocycles. The highest BCUT2D eigenvalue weighted by Crippen LogP contribution is 2.29. The normalized spacial score (nSPS) is 17.9. The first-order valence-electron chi connectivity index (χ1n) is 9.34.